The second-order valence-electron chi connectivity index (χ2n) is 7.70. The number of ether oxygens (including phenoxy) is 2. The van der Waals surface area contributed by atoms with Crippen molar-refractivity contribution in [2.45, 2.75) is 43.0 Å². The van der Waals surface area contributed by atoms with Gasteiger partial charge in [-0.2, -0.15) is 4.31 Å². The number of nitrogens with zero attached hydrogens (tertiary/aromatic N) is 2. The van der Waals surface area contributed by atoms with Gasteiger partial charge in [0.15, 0.2) is 0 Å². The largest absolute Gasteiger partial charge is 0.377 e. The van der Waals surface area contributed by atoms with Gasteiger partial charge in [-0.1, -0.05) is 0 Å². The molecule has 0 amide bonds. The second kappa shape index (κ2) is 6.26. The molecule has 0 N–H and O–H groups in total. The molecule has 1 saturated carbocycles. The van der Waals surface area contributed by atoms with E-state index in [-0.39, 0.29) is 5.25 Å². The Balaban J connectivity index is 1.42. The first-order valence-corrected chi connectivity index (χ1v) is 10.5. The normalized spacial score (nSPS) is 37.5. The molecule has 6 nitrogen and oxygen atoms in total. The molecular weight excluding hydrogens is 316 g/mol. The third-order valence-electron chi connectivity index (χ3n) is 5.62. The van der Waals surface area contributed by atoms with Gasteiger partial charge in [0.25, 0.3) is 0 Å². The van der Waals surface area contributed by atoms with E-state index < -0.39 is 15.6 Å². The summed E-state index contributed by atoms with van der Waals surface area (Å²) in [5.41, 5.74) is -0.428. The molecule has 0 aromatic heterocycles. The van der Waals surface area contributed by atoms with Crippen molar-refractivity contribution in [3.63, 3.8) is 0 Å². The predicted octanol–water partition coefficient (Wildman–Crippen LogP) is 0.682. The number of sulfonamides is 1. The van der Waals surface area contributed by atoms with Gasteiger partial charge in [0.05, 0.1) is 25.1 Å². The molecule has 4 aliphatic rings. The van der Waals surface area contributed by atoms with Crippen molar-refractivity contribution in [1.29, 1.82) is 0 Å². The minimum Gasteiger partial charge on any atom is -0.377 e. The minimum absolute atomic E-state index is 0.153. The lowest BCUT2D eigenvalue weighted by Crippen LogP contribution is -2.47. The molecule has 0 aromatic carbocycles. The highest BCUT2D eigenvalue weighted by Crippen LogP contribution is 2.37. The van der Waals surface area contributed by atoms with Crippen LogP contribution < -0.4 is 0 Å². The lowest BCUT2D eigenvalue weighted by atomic mass is 9.94. The number of likely N-dealkylation sites (tertiary alicyclic amines) is 1. The molecule has 0 radical (unpaired) electrons. The first kappa shape index (κ1) is 16.3. The van der Waals surface area contributed by atoms with Crippen LogP contribution in [0, 0.1) is 5.92 Å². The van der Waals surface area contributed by atoms with Crippen LogP contribution in [0.25, 0.3) is 0 Å². The Hall–Kier alpha value is -0.210. The zero-order valence-electron chi connectivity index (χ0n) is 13.8. The van der Waals surface area contributed by atoms with E-state index >= 15 is 0 Å². The number of hydrogen-bond donors (Lipinski definition) is 0. The summed E-state index contributed by atoms with van der Waals surface area (Å²) in [7, 11) is -3.15. The van der Waals surface area contributed by atoms with Crippen LogP contribution in [0.4, 0.5) is 0 Å². The SMILES string of the molecule is O=S(=O)(C1CC1)N1CCOC[C@@]2(C[C@H](CN3CCCC3)CO2)C1. The summed E-state index contributed by atoms with van der Waals surface area (Å²) in [6.07, 6.45) is 5.14. The van der Waals surface area contributed by atoms with Gasteiger partial charge in [-0.3, -0.25) is 0 Å². The average molecular weight is 344 g/mol. The van der Waals surface area contributed by atoms with E-state index in [1.807, 2.05) is 0 Å². The quantitative estimate of drug-likeness (QED) is 0.751. The summed E-state index contributed by atoms with van der Waals surface area (Å²) in [5, 5.41) is -0.153. The summed E-state index contributed by atoms with van der Waals surface area (Å²) in [6, 6.07) is 0. The van der Waals surface area contributed by atoms with E-state index in [2.05, 4.69) is 4.90 Å². The lowest BCUT2D eigenvalue weighted by Gasteiger charge is -2.31. The van der Waals surface area contributed by atoms with Gasteiger partial charge in [0.2, 0.25) is 10.0 Å². The summed E-state index contributed by atoms with van der Waals surface area (Å²) < 4.78 is 38.7. The third kappa shape index (κ3) is 3.44. The second-order valence-corrected chi connectivity index (χ2v) is 9.92. The van der Waals surface area contributed by atoms with E-state index in [1.54, 1.807) is 4.31 Å². The molecule has 23 heavy (non-hydrogen) atoms. The molecule has 0 aromatic rings. The maximum absolute atomic E-state index is 12.6. The van der Waals surface area contributed by atoms with Crippen LogP contribution in [0.3, 0.4) is 0 Å². The smallest absolute Gasteiger partial charge is 0.217 e. The minimum atomic E-state index is -3.15. The van der Waals surface area contributed by atoms with Gasteiger partial charge in [0.1, 0.15) is 5.60 Å². The van der Waals surface area contributed by atoms with E-state index in [1.165, 1.54) is 25.9 Å². The van der Waals surface area contributed by atoms with Crippen LogP contribution in [0.2, 0.25) is 0 Å². The van der Waals surface area contributed by atoms with Crippen LogP contribution in [-0.2, 0) is 19.5 Å². The van der Waals surface area contributed by atoms with Crippen LogP contribution >= 0.6 is 0 Å². The fourth-order valence-corrected chi connectivity index (χ4v) is 6.16. The molecule has 4 fully saturated rings. The maximum atomic E-state index is 12.6. The van der Waals surface area contributed by atoms with Crippen molar-refractivity contribution in [3.05, 3.63) is 0 Å². The van der Waals surface area contributed by atoms with E-state index in [9.17, 15) is 8.42 Å². The Morgan fingerprint density at radius 1 is 1.13 bits per heavy atom. The average Bonchev–Trinajstić information content (AvgIpc) is 3.20. The van der Waals surface area contributed by atoms with Crippen molar-refractivity contribution in [3.8, 4) is 0 Å². The topological polar surface area (TPSA) is 59.1 Å². The standard InChI is InChI=1S/C16H28N2O4S/c19-23(20,15-3-4-15)18-7-8-21-13-16(12-18)9-14(11-22-16)10-17-5-1-2-6-17/h14-15H,1-13H2/t14-,16-/m1/s1. The van der Waals surface area contributed by atoms with E-state index in [4.69, 9.17) is 9.47 Å². The van der Waals surface area contributed by atoms with Gasteiger partial charge in [-0.25, -0.2) is 8.42 Å². The first-order valence-electron chi connectivity index (χ1n) is 9.00. The number of rotatable bonds is 4. The van der Waals surface area contributed by atoms with Crippen LogP contribution in [-0.4, -0.2) is 81.0 Å². The monoisotopic (exact) mass is 344 g/mol. The van der Waals surface area contributed by atoms with Crippen molar-refractivity contribution in [2.24, 2.45) is 5.92 Å². The zero-order valence-corrected chi connectivity index (χ0v) is 14.6. The maximum Gasteiger partial charge on any atom is 0.217 e. The summed E-state index contributed by atoms with van der Waals surface area (Å²) >= 11 is 0. The third-order valence-corrected chi connectivity index (χ3v) is 7.97. The summed E-state index contributed by atoms with van der Waals surface area (Å²) in [4.78, 5) is 2.52. The Labute approximate surface area is 139 Å². The fourth-order valence-electron chi connectivity index (χ4n) is 4.26. The molecule has 7 heteroatoms. The molecule has 0 bridgehead atoms. The molecule has 2 atom stereocenters. The summed E-state index contributed by atoms with van der Waals surface area (Å²) in [6.45, 7) is 6.16. The highest BCUT2D eigenvalue weighted by atomic mass is 32.2. The molecule has 1 aliphatic carbocycles. The van der Waals surface area contributed by atoms with E-state index in [0.29, 0.717) is 32.2 Å². The Morgan fingerprint density at radius 2 is 1.91 bits per heavy atom. The highest BCUT2D eigenvalue weighted by Gasteiger charge is 2.48. The van der Waals surface area contributed by atoms with Gasteiger partial charge in [-0.05, 0) is 51.1 Å². The van der Waals surface area contributed by atoms with Crippen molar-refractivity contribution < 1.29 is 17.9 Å². The number of hydrogen-bond acceptors (Lipinski definition) is 5. The van der Waals surface area contributed by atoms with E-state index in [0.717, 1.165) is 32.4 Å². The highest BCUT2D eigenvalue weighted by molar-refractivity contribution is 7.90. The molecule has 3 heterocycles. The van der Waals surface area contributed by atoms with Gasteiger partial charge >= 0.3 is 0 Å². The fraction of sp³-hybridized carbons (Fsp3) is 1.00. The van der Waals surface area contributed by atoms with Gasteiger partial charge in [0, 0.05) is 19.6 Å². The molecule has 1 spiro atoms. The van der Waals surface area contributed by atoms with Crippen molar-refractivity contribution in [1.82, 2.24) is 9.21 Å². The first-order chi connectivity index (χ1) is 11.1. The molecule has 3 saturated heterocycles. The molecule has 132 valence electrons. The predicted molar refractivity (Wildman–Crippen MR) is 86.8 cm³/mol. The zero-order chi connectivity index (χ0) is 15.9. The Morgan fingerprint density at radius 3 is 2.65 bits per heavy atom. The van der Waals surface area contributed by atoms with Gasteiger partial charge in [-0.15, -0.1) is 0 Å². The Bertz CT molecular complexity index is 530. The van der Waals surface area contributed by atoms with Crippen LogP contribution in [0.5, 0.6) is 0 Å². The molecule has 3 aliphatic heterocycles. The van der Waals surface area contributed by atoms with Crippen molar-refractivity contribution >= 4 is 10.0 Å². The molecular formula is C16H28N2O4S. The molecule has 4 rings (SSSR count). The van der Waals surface area contributed by atoms with Crippen LogP contribution in [0.1, 0.15) is 32.1 Å². The Kier molecular flexibility index (Phi) is 4.43. The molecule has 0 unspecified atom stereocenters. The van der Waals surface area contributed by atoms with Crippen LogP contribution in [0.15, 0.2) is 0 Å². The van der Waals surface area contributed by atoms with Crippen molar-refractivity contribution in [2.75, 3.05) is 52.5 Å². The van der Waals surface area contributed by atoms with Gasteiger partial charge < -0.3 is 14.4 Å². The lowest BCUT2D eigenvalue weighted by molar-refractivity contribution is -0.0512. The summed E-state index contributed by atoms with van der Waals surface area (Å²) in [5.74, 6) is 0.500.